The highest BCUT2D eigenvalue weighted by molar-refractivity contribution is 5.80. The molecule has 5 nitrogen and oxygen atoms in total. The molecule has 33 heavy (non-hydrogen) atoms. The van der Waals surface area contributed by atoms with Crippen LogP contribution in [0.3, 0.4) is 0 Å². The molecule has 1 unspecified atom stereocenters. The highest BCUT2D eigenvalue weighted by atomic mass is 16.5. The van der Waals surface area contributed by atoms with Gasteiger partial charge in [-0.15, -0.1) is 0 Å². The van der Waals surface area contributed by atoms with Crippen LogP contribution in [0, 0.1) is 0 Å². The topological polar surface area (TPSA) is 71.7 Å². The molecule has 5 heteroatoms. The van der Waals surface area contributed by atoms with Gasteiger partial charge < -0.3 is 19.6 Å². The number of aliphatic hydroxyl groups excluding tert-OH is 1. The molecule has 1 heterocycles. The van der Waals surface area contributed by atoms with Crippen LogP contribution in [0.5, 0.6) is 5.75 Å². The fraction of sp³-hybridized carbons (Fsp3) is 0.250. The van der Waals surface area contributed by atoms with Crippen LogP contribution in [0.2, 0.25) is 0 Å². The van der Waals surface area contributed by atoms with Gasteiger partial charge in [-0.25, -0.2) is 0 Å². The Morgan fingerprint density at radius 1 is 0.939 bits per heavy atom. The molecule has 0 saturated heterocycles. The van der Waals surface area contributed by atoms with Crippen molar-refractivity contribution in [2.45, 2.75) is 25.4 Å². The van der Waals surface area contributed by atoms with Gasteiger partial charge in [-0.3, -0.25) is 4.79 Å². The molecule has 0 fully saturated rings. The van der Waals surface area contributed by atoms with Gasteiger partial charge in [0.15, 0.2) is 5.43 Å². The van der Waals surface area contributed by atoms with Gasteiger partial charge >= 0.3 is 0 Å². The molecular weight excluding hydrogens is 414 g/mol. The standard InChI is InChI=1S/C28H29NO4/c30-23(20-29-16-15-21-8-3-1-4-9-21)12-7-17-32-24-13-14-25-26(31)19-27(33-28(25)18-24)22-10-5-2-6-11-22/h1-6,8-11,13-14,18-19,23,29-30H,7,12,15-17,20H2. The Morgan fingerprint density at radius 3 is 2.48 bits per heavy atom. The third kappa shape index (κ3) is 6.54. The van der Waals surface area contributed by atoms with Crippen LogP contribution in [0.25, 0.3) is 22.3 Å². The van der Waals surface area contributed by atoms with Gasteiger partial charge in [0.05, 0.1) is 18.1 Å². The fourth-order valence-electron chi connectivity index (χ4n) is 3.73. The number of ether oxygens (including phenoxy) is 1. The molecular formula is C28H29NO4. The zero-order valence-electron chi connectivity index (χ0n) is 18.6. The number of hydrogen-bond acceptors (Lipinski definition) is 5. The normalized spacial score (nSPS) is 12.0. The van der Waals surface area contributed by atoms with Gasteiger partial charge in [0.25, 0.3) is 0 Å². The molecule has 4 rings (SSSR count). The van der Waals surface area contributed by atoms with Crippen molar-refractivity contribution in [3.05, 3.63) is 101 Å². The van der Waals surface area contributed by atoms with Gasteiger partial charge in [0.2, 0.25) is 0 Å². The van der Waals surface area contributed by atoms with Crippen molar-refractivity contribution < 1.29 is 14.3 Å². The van der Waals surface area contributed by atoms with E-state index < -0.39 is 6.10 Å². The third-order valence-corrected chi connectivity index (χ3v) is 5.52. The van der Waals surface area contributed by atoms with Gasteiger partial charge in [-0.1, -0.05) is 60.7 Å². The molecule has 0 saturated carbocycles. The summed E-state index contributed by atoms with van der Waals surface area (Å²) in [6, 6.07) is 26.6. The van der Waals surface area contributed by atoms with E-state index in [4.69, 9.17) is 9.15 Å². The van der Waals surface area contributed by atoms with E-state index in [1.54, 1.807) is 18.2 Å². The van der Waals surface area contributed by atoms with Gasteiger partial charge in [0, 0.05) is 24.2 Å². The maximum absolute atomic E-state index is 12.5. The molecule has 0 aliphatic rings. The average Bonchev–Trinajstić information content (AvgIpc) is 2.85. The van der Waals surface area contributed by atoms with Gasteiger partial charge in [-0.2, -0.15) is 0 Å². The number of fused-ring (bicyclic) bond motifs is 1. The number of nitrogens with one attached hydrogen (secondary N) is 1. The zero-order valence-corrected chi connectivity index (χ0v) is 18.6. The summed E-state index contributed by atoms with van der Waals surface area (Å²) in [7, 11) is 0. The number of hydrogen-bond donors (Lipinski definition) is 2. The lowest BCUT2D eigenvalue weighted by molar-refractivity contribution is 0.150. The average molecular weight is 444 g/mol. The fourth-order valence-corrected chi connectivity index (χ4v) is 3.73. The van der Waals surface area contributed by atoms with Crippen molar-refractivity contribution in [1.29, 1.82) is 0 Å². The van der Waals surface area contributed by atoms with Crippen molar-refractivity contribution >= 4 is 11.0 Å². The Morgan fingerprint density at radius 2 is 1.70 bits per heavy atom. The van der Waals surface area contributed by atoms with Crippen molar-refractivity contribution in [2.24, 2.45) is 0 Å². The molecule has 4 aromatic rings. The minimum absolute atomic E-state index is 0.0791. The monoisotopic (exact) mass is 443 g/mol. The number of benzene rings is 3. The summed E-state index contributed by atoms with van der Waals surface area (Å²) in [4.78, 5) is 12.5. The molecule has 1 atom stereocenters. The quantitative estimate of drug-likeness (QED) is 0.326. The Kier molecular flexibility index (Phi) is 7.90. The van der Waals surface area contributed by atoms with Crippen LogP contribution in [0.15, 0.2) is 94.1 Å². The van der Waals surface area contributed by atoms with E-state index in [1.807, 2.05) is 48.5 Å². The first-order valence-electron chi connectivity index (χ1n) is 11.4. The van der Waals surface area contributed by atoms with Crippen LogP contribution in [-0.4, -0.2) is 30.9 Å². The lowest BCUT2D eigenvalue weighted by Crippen LogP contribution is -2.28. The summed E-state index contributed by atoms with van der Waals surface area (Å²) in [6.45, 7) is 1.89. The molecule has 3 aromatic carbocycles. The van der Waals surface area contributed by atoms with Crippen molar-refractivity contribution in [2.75, 3.05) is 19.7 Å². The second kappa shape index (κ2) is 11.5. The number of aliphatic hydroxyl groups is 1. The van der Waals surface area contributed by atoms with E-state index in [0.717, 1.165) is 24.9 Å². The maximum Gasteiger partial charge on any atom is 0.193 e. The van der Waals surface area contributed by atoms with Crippen LogP contribution in [0.4, 0.5) is 0 Å². The van der Waals surface area contributed by atoms with Crippen LogP contribution >= 0.6 is 0 Å². The summed E-state index contributed by atoms with van der Waals surface area (Å²) < 4.78 is 11.8. The first-order valence-corrected chi connectivity index (χ1v) is 11.4. The van der Waals surface area contributed by atoms with E-state index >= 15 is 0 Å². The van der Waals surface area contributed by atoms with Crippen molar-refractivity contribution in [3.8, 4) is 17.1 Å². The Bertz CT molecular complexity index is 1200. The Hall–Kier alpha value is -3.41. The predicted molar refractivity (Wildman–Crippen MR) is 132 cm³/mol. The largest absolute Gasteiger partial charge is 0.493 e. The molecule has 2 N–H and O–H groups in total. The van der Waals surface area contributed by atoms with Crippen molar-refractivity contribution in [1.82, 2.24) is 5.32 Å². The van der Waals surface area contributed by atoms with E-state index in [-0.39, 0.29) is 5.43 Å². The molecule has 0 radical (unpaired) electrons. The van der Waals surface area contributed by atoms with E-state index in [1.165, 1.54) is 11.6 Å². The minimum atomic E-state index is -0.410. The second-order valence-electron chi connectivity index (χ2n) is 8.08. The maximum atomic E-state index is 12.5. The lowest BCUT2D eigenvalue weighted by Gasteiger charge is -2.12. The molecule has 0 bridgehead atoms. The summed E-state index contributed by atoms with van der Waals surface area (Å²) in [5.41, 5.74) is 2.57. The Balaban J connectivity index is 1.24. The number of rotatable bonds is 11. The predicted octanol–water partition coefficient (Wildman–Crippen LogP) is 4.81. The highest BCUT2D eigenvalue weighted by Gasteiger charge is 2.09. The van der Waals surface area contributed by atoms with Crippen LogP contribution in [0.1, 0.15) is 18.4 Å². The molecule has 0 amide bonds. The smallest absolute Gasteiger partial charge is 0.193 e. The molecule has 0 aliphatic carbocycles. The summed E-state index contributed by atoms with van der Waals surface area (Å²) in [6.07, 6.45) is 1.92. The first kappa shape index (κ1) is 22.8. The highest BCUT2D eigenvalue weighted by Crippen LogP contribution is 2.25. The van der Waals surface area contributed by atoms with Crippen LogP contribution < -0.4 is 15.5 Å². The van der Waals surface area contributed by atoms with E-state index in [2.05, 4.69) is 17.4 Å². The third-order valence-electron chi connectivity index (χ3n) is 5.52. The molecule has 0 spiro atoms. The SMILES string of the molecule is O=c1cc(-c2ccccc2)oc2cc(OCCCC(O)CNCCc3ccccc3)ccc12. The molecule has 0 aliphatic heterocycles. The second-order valence-corrected chi connectivity index (χ2v) is 8.08. The summed E-state index contributed by atoms with van der Waals surface area (Å²) in [5, 5.41) is 14.0. The summed E-state index contributed by atoms with van der Waals surface area (Å²) in [5.74, 6) is 1.18. The van der Waals surface area contributed by atoms with E-state index in [9.17, 15) is 9.90 Å². The zero-order chi connectivity index (χ0) is 22.9. The molecule has 1 aromatic heterocycles. The van der Waals surface area contributed by atoms with Crippen molar-refractivity contribution in [3.63, 3.8) is 0 Å². The lowest BCUT2D eigenvalue weighted by atomic mass is 10.1. The first-order chi connectivity index (χ1) is 16.2. The minimum Gasteiger partial charge on any atom is -0.493 e. The summed E-state index contributed by atoms with van der Waals surface area (Å²) >= 11 is 0. The van der Waals surface area contributed by atoms with Gasteiger partial charge in [0.1, 0.15) is 17.1 Å². The van der Waals surface area contributed by atoms with Crippen LogP contribution in [-0.2, 0) is 6.42 Å². The van der Waals surface area contributed by atoms with Gasteiger partial charge in [-0.05, 0) is 43.5 Å². The Labute approximate surface area is 193 Å². The van der Waals surface area contributed by atoms with E-state index in [0.29, 0.717) is 42.1 Å². The molecule has 170 valence electrons.